The van der Waals surface area contributed by atoms with Gasteiger partial charge in [-0.05, 0) is 30.3 Å². The first-order valence-corrected chi connectivity index (χ1v) is 8.76. The third-order valence-corrected chi connectivity index (χ3v) is 4.54. The summed E-state index contributed by atoms with van der Waals surface area (Å²) in [6.45, 7) is -3.10. The van der Waals surface area contributed by atoms with E-state index < -0.39 is 24.3 Å². The molecule has 0 saturated heterocycles. The molecule has 0 radical (unpaired) electrons. The van der Waals surface area contributed by atoms with E-state index in [9.17, 15) is 26.7 Å². The number of amides is 1. The lowest BCUT2D eigenvalue weighted by Crippen LogP contribution is -2.13. The first-order valence-electron chi connectivity index (χ1n) is 7.94. The van der Waals surface area contributed by atoms with Gasteiger partial charge >= 0.3 is 12.8 Å². The molecular formula is C18H12F5N3O2S. The molecule has 0 saturated carbocycles. The van der Waals surface area contributed by atoms with Gasteiger partial charge in [-0.25, -0.2) is 4.98 Å². The van der Waals surface area contributed by atoms with Gasteiger partial charge in [0.2, 0.25) is 0 Å². The number of aromatic nitrogens is 1. The molecule has 2 aromatic carbocycles. The van der Waals surface area contributed by atoms with E-state index in [0.717, 1.165) is 29.5 Å². The van der Waals surface area contributed by atoms with Gasteiger partial charge in [-0.2, -0.15) is 22.0 Å². The average molecular weight is 429 g/mol. The van der Waals surface area contributed by atoms with Crippen LogP contribution in [0.1, 0.15) is 15.2 Å². The van der Waals surface area contributed by atoms with E-state index >= 15 is 0 Å². The van der Waals surface area contributed by atoms with E-state index in [4.69, 9.17) is 5.73 Å². The maximum Gasteiger partial charge on any atom is 0.416 e. The van der Waals surface area contributed by atoms with Crippen LogP contribution in [0.3, 0.4) is 0 Å². The molecule has 3 N–H and O–H groups in total. The molecule has 0 aliphatic rings. The molecule has 0 bridgehead atoms. The lowest BCUT2D eigenvalue weighted by Gasteiger charge is -2.11. The molecule has 29 heavy (non-hydrogen) atoms. The highest BCUT2D eigenvalue weighted by atomic mass is 32.1. The van der Waals surface area contributed by atoms with Crippen LogP contribution in [0.4, 0.5) is 32.8 Å². The van der Waals surface area contributed by atoms with Crippen molar-refractivity contribution in [2.24, 2.45) is 0 Å². The number of ether oxygens (including phenoxy) is 1. The van der Waals surface area contributed by atoms with Crippen LogP contribution in [0.5, 0.6) is 5.75 Å². The van der Waals surface area contributed by atoms with Crippen LogP contribution >= 0.6 is 11.3 Å². The largest absolute Gasteiger partial charge is 0.434 e. The fourth-order valence-electron chi connectivity index (χ4n) is 2.50. The van der Waals surface area contributed by atoms with Crippen molar-refractivity contribution in [3.8, 4) is 17.0 Å². The van der Waals surface area contributed by atoms with Gasteiger partial charge < -0.3 is 15.8 Å². The summed E-state index contributed by atoms with van der Waals surface area (Å²) in [5.74, 6) is -1.01. The van der Waals surface area contributed by atoms with Crippen LogP contribution in [0.25, 0.3) is 11.3 Å². The second-order valence-electron chi connectivity index (χ2n) is 5.64. The molecule has 1 heterocycles. The normalized spacial score (nSPS) is 11.5. The second kappa shape index (κ2) is 8.03. The SMILES string of the molecule is Nc1nc(-c2ccccc2OC(F)F)c(C(=O)Nc2cccc(C(F)(F)F)c2)s1. The molecule has 1 aromatic heterocycles. The average Bonchev–Trinajstić information content (AvgIpc) is 3.03. The zero-order valence-electron chi connectivity index (χ0n) is 14.3. The van der Waals surface area contributed by atoms with Gasteiger partial charge in [0.15, 0.2) is 5.13 Å². The zero-order valence-corrected chi connectivity index (χ0v) is 15.2. The Bertz CT molecular complexity index is 1040. The molecule has 0 aliphatic heterocycles. The number of nitrogens with one attached hydrogen (secondary N) is 1. The first-order chi connectivity index (χ1) is 13.6. The summed E-state index contributed by atoms with van der Waals surface area (Å²) in [5, 5.41) is 2.31. The predicted octanol–water partition coefficient (Wildman–Crippen LogP) is 5.26. The first kappa shape index (κ1) is 20.5. The van der Waals surface area contributed by atoms with Gasteiger partial charge in [0, 0.05) is 11.3 Å². The second-order valence-corrected chi connectivity index (χ2v) is 6.67. The fraction of sp³-hybridized carbons (Fsp3) is 0.111. The minimum atomic E-state index is -4.58. The fourth-order valence-corrected chi connectivity index (χ4v) is 3.24. The molecule has 0 aliphatic carbocycles. The third-order valence-electron chi connectivity index (χ3n) is 3.66. The molecule has 3 rings (SSSR count). The number of thiazole rings is 1. The molecule has 0 unspecified atom stereocenters. The highest BCUT2D eigenvalue weighted by molar-refractivity contribution is 7.17. The molecule has 152 valence electrons. The van der Waals surface area contributed by atoms with E-state index in [0.29, 0.717) is 0 Å². The smallest absolute Gasteiger partial charge is 0.416 e. The number of carbonyl (C=O) groups is 1. The molecule has 0 fully saturated rings. The minimum Gasteiger partial charge on any atom is -0.434 e. The Morgan fingerprint density at radius 2 is 1.86 bits per heavy atom. The van der Waals surface area contributed by atoms with E-state index in [1.807, 2.05) is 0 Å². The number of rotatable bonds is 5. The van der Waals surface area contributed by atoms with Crippen molar-refractivity contribution in [3.05, 3.63) is 59.0 Å². The number of anilines is 2. The molecule has 0 atom stereocenters. The Balaban J connectivity index is 1.95. The standard InChI is InChI=1S/C18H12F5N3O2S/c19-16(20)28-12-7-2-1-6-11(12)13-14(29-17(24)26-13)15(27)25-10-5-3-4-9(8-10)18(21,22)23/h1-8,16H,(H2,24,26)(H,25,27). The number of hydrogen-bond acceptors (Lipinski definition) is 5. The van der Waals surface area contributed by atoms with Gasteiger partial charge in [-0.1, -0.05) is 29.5 Å². The lowest BCUT2D eigenvalue weighted by molar-refractivity contribution is -0.137. The van der Waals surface area contributed by atoms with Crippen LogP contribution in [0.2, 0.25) is 0 Å². The van der Waals surface area contributed by atoms with Gasteiger partial charge in [0.25, 0.3) is 5.91 Å². The number of halogens is 5. The highest BCUT2D eigenvalue weighted by Crippen LogP contribution is 2.37. The van der Waals surface area contributed by atoms with Gasteiger partial charge in [0.1, 0.15) is 16.3 Å². The Labute approximate surface area is 164 Å². The summed E-state index contributed by atoms with van der Waals surface area (Å²) >= 11 is 0.763. The van der Waals surface area contributed by atoms with E-state index in [1.165, 1.54) is 30.3 Å². The maximum atomic E-state index is 12.9. The van der Waals surface area contributed by atoms with Crippen molar-refractivity contribution in [2.75, 3.05) is 11.1 Å². The number of nitrogen functional groups attached to an aromatic ring is 1. The number of para-hydroxylation sites is 1. The van der Waals surface area contributed by atoms with Crippen LogP contribution < -0.4 is 15.8 Å². The van der Waals surface area contributed by atoms with Gasteiger partial charge in [-0.15, -0.1) is 0 Å². The summed E-state index contributed by atoms with van der Waals surface area (Å²) in [6.07, 6.45) is -4.58. The van der Waals surface area contributed by atoms with Crippen molar-refractivity contribution in [1.82, 2.24) is 4.98 Å². The van der Waals surface area contributed by atoms with Crippen LogP contribution in [-0.4, -0.2) is 17.5 Å². The summed E-state index contributed by atoms with van der Waals surface area (Å²) in [5.41, 5.74) is 4.71. The van der Waals surface area contributed by atoms with Crippen molar-refractivity contribution in [2.45, 2.75) is 12.8 Å². The Morgan fingerprint density at radius 1 is 1.14 bits per heavy atom. The lowest BCUT2D eigenvalue weighted by atomic mass is 10.1. The number of nitrogens with zero attached hydrogens (tertiary/aromatic N) is 1. The van der Waals surface area contributed by atoms with Crippen molar-refractivity contribution < 1.29 is 31.5 Å². The van der Waals surface area contributed by atoms with Crippen molar-refractivity contribution >= 4 is 28.1 Å². The predicted molar refractivity (Wildman–Crippen MR) is 98.0 cm³/mol. The van der Waals surface area contributed by atoms with E-state index in [-0.39, 0.29) is 32.7 Å². The van der Waals surface area contributed by atoms with Crippen LogP contribution in [0.15, 0.2) is 48.5 Å². The summed E-state index contributed by atoms with van der Waals surface area (Å²) < 4.78 is 68.3. The van der Waals surface area contributed by atoms with Gasteiger partial charge in [0.05, 0.1) is 5.56 Å². The zero-order chi connectivity index (χ0) is 21.2. The monoisotopic (exact) mass is 429 g/mol. The minimum absolute atomic E-state index is 0.0202. The number of hydrogen-bond donors (Lipinski definition) is 2. The number of alkyl halides is 5. The molecule has 3 aromatic rings. The van der Waals surface area contributed by atoms with Crippen LogP contribution in [0, 0.1) is 0 Å². The third kappa shape index (κ3) is 4.80. The van der Waals surface area contributed by atoms with Crippen molar-refractivity contribution in [3.63, 3.8) is 0 Å². The molecule has 1 amide bonds. The maximum absolute atomic E-state index is 12.9. The number of benzene rings is 2. The Morgan fingerprint density at radius 3 is 2.55 bits per heavy atom. The van der Waals surface area contributed by atoms with E-state index in [2.05, 4.69) is 15.0 Å². The summed E-state index contributed by atoms with van der Waals surface area (Å²) in [6, 6.07) is 9.73. The van der Waals surface area contributed by atoms with Crippen molar-refractivity contribution in [1.29, 1.82) is 0 Å². The Kier molecular flexibility index (Phi) is 5.69. The van der Waals surface area contributed by atoms with Gasteiger partial charge in [-0.3, -0.25) is 4.79 Å². The summed E-state index contributed by atoms with van der Waals surface area (Å²) in [7, 11) is 0. The number of carbonyl (C=O) groups excluding carboxylic acids is 1. The molecular weight excluding hydrogens is 417 g/mol. The van der Waals surface area contributed by atoms with E-state index in [1.54, 1.807) is 0 Å². The molecule has 11 heteroatoms. The highest BCUT2D eigenvalue weighted by Gasteiger charge is 2.30. The number of nitrogens with two attached hydrogens (primary N) is 1. The molecule has 5 nitrogen and oxygen atoms in total. The Hall–Kier alpha value is -3.21. The topological polar surface area (TPSA) is 77.2 Å². The van der Waals surface area contributed by atoms with Crippen LogP contribution in [-0.2, 0) is 6.18 Å². The summed E-state index contributed by atoms with van der Waals surface area (Å²) in [4.78, 5) is 16.6. The quantitative estimate of drug-likeness (QED) is 0.542. The molecule has 0 spiro atoms.